The number of ether oxygens (including phenoxy) is 1. The quantitative estimate of drug-likeness (QED) is 0.308. The van der Waals surface area contributed by atoms with Gasteiger partial charge in [-0.15, -0.1) is 11.3 Å². The second-order valence-electron chi connectivity index (χ2n) is 8.49. The van der Waals surface area contributed by atoms with Gasteiger partial charge in [-0.25, -0.2) is 0 Å². The van der Waals surface area contributed by atoms with Crippen molar-refractivity contribution in [1.82, 2.24) is 0 Å². The number of hydrogen-bond acceptors (Lipinski definition) is 4. The van der Waals surface area contributed by atoms with E-state index in [2.05, 4.69) is 10.6 Å². The van der Waals surface area contributed by atoms with Crippen LogP contribution in [0.5, 0.6) is 5.75 Å². The van der Waals surface area contributed by atoms with Gasteiger partial charge in [-0.05, 0) is 73.2 Å². The molecular weight excluding hydrogens is 456 g/mol. The molecule has 1 heterocycles. The Kier molecular flexibility index (Phi) is 6.91. The van der Waals surface area contributed by atoms with E-state index in [1.807, 2.05) is 72.8 Å². The molecule has 0 fully saturated rings. The Hall–Kier alpha value is -3.90. The Bertz CT molecular complexity index is 1320. The van der Waals surface area contributed by atoms with Gasteiger partial charge in [0.1, 0.15) is 17.4 Å². The van der Waals surface area contributed by atoms with Crippen molar-refractivity contribution in [2.45, 2.75) is 32.3 Å². The topological polar surface area (TPSA) is 67.4 Å². The molecule has 3 aromatic carbocycles. The van der Waals surface area contributed by atoms with E-state index < -0.39 is 0 Å². The van der Waals surface area contributed by atoms with Crippen molar-refractivity contribution in [1.29, 1.82) is 0 Å². The van der Waals surface area contributed by atoms with Gasteiger partial charge in [0.15, 0.2) is 0 Å². The average molecular weight is 483 g/mol. The number of thiophene rings is 1. The summed E-state index contributed by atoms with van der Waals surface area (Å²) in [6.45, 7) is 0.484. The summed E-state index contributed by atoms with van der Waals surface area (Å²) in [6.07, 6.45) is 3.94. The third-order valence-electron chi connectivity index (χ3n) is 6.02. The average Bonchev–Trinajstić information content (AvgIpc) is 3.27. The van der Waals surface area contributed by atoms with Crippen molar-refractivity contribution in [3.63, 3.8) is 0 Å². The van der Waals surface area contributed by atoms with Crippen LogP contribution in [0.2, 0.25) is 0 Å². The van der Waals surface area contributed by atoms with Crippen LogP contribution in [0.3, 0.4) is 0 Å². The van der Waals surface area contributed by atoms with Gasteiger partial charge in [0.25, 0.3) is 11.8 Å². The zero-order chi connectivity index (χ0) is 24.0. The normalized spacial score (nSPS) is 12.5. The van der Waals surface area contributed by atoms with Gasteiger partial charge in [-0.3, -0.25) is 9.59 Å². The SMILES string of the molecule is O=C(Nc1sc2c(c1C(=O)Nc1ccc(OCc3ccccc3)cc1)CCCC2)c1ccccc1. The van der Waals surface area contributed by atoms with Gasteiger partial charge in [0, 0.05) is 16.1 Å². The Labute approximate surface area is 208 Å². The first kappa shape index (κ1) is 22.9. The molecule has 0 atom stereocenters. The fourth-order valence-electron chi connectivity index (χ4n) is 4.23. The lowest BCUT2D eigenvalue weighted by atomic mass is 9.95. The third-order valence-corrected chi connectivity index (χ3v) is 7.23. The first-order valence-electron chi connectivity index (χ1n) is 11.8. The molecule has 0 saturated heterocycles. The minimum absolute atomic E-state index is 0.203. The smallest absolute Gasteiger partial charge is 0.258 e. The van der Waals surface area contributed by atoms with Gasteiger partial charge in [-0.2, -0.15) is 0 Å². The highest BCUT2D eigenvalue weighted by Gasteiger charge is 2.26. The summed E-state index contributed by atoms with van der Waals surface area (Å²) in [7, 11) is 0. The van der Waals surface area contributed by atoms with Crippen LogP contribution in [-0.2, 0) is 19.4 Å². The van der Waals surface area contributed by atoms with Crippen LogP contribution in [0.4, 0.5) is 10.7 Å². The summed E-state index contributed by atoms with van der Waals surface area (Å²) in [5, 5.41) is 6.62. The van der Waals surface area contributed by atoms with Crippen LogP contribution < -0.4 is 15.4 Å². The number of carbonyl (C=O) groups excluding carboxylic acids is 2. The standard InChI is InChI=1S/C29H26N2O3S/c32-27(21-11-5-2-6-12-21)31-29-26(24-13-7-8-14-25(24)35-29)28(33)30-22-15-17-23(18-16-22)34-19-20-9-3-1-4-10-20/h1-6,9-12,15-18H,7-8,13-14,19H2,(H,30,33)(H,31,32). The molecule has 176 valence electrons. The molecular formula is C29H26N2O3S. The van der Waals surface area contributed by atoms with Crippen LogP contribution >= 0.6 is 11.3 Å². The van der Waals surface area contributed by atoms with E-state index in [4.69, 9.17) is 4.74 Å². The molecule has 0 spiro atoms. The lowest BCUT2D eigenvalue weighted by Crippen LogP contribution is -2.18. The first-order valence-corrected chi connectivity index (χ1v) is 12.6. The molecule has 0 unspecified atom stereocenters. The maximum Gasteiger partial charge on any atom is 0.258 e. The fraction of sp³-hybridized carbons (Fsp3) is 0.172. The summed E-state index contributed by atoms with van der Waals surface area (Å²) >= 11 is 1.52. The van der Waals surface area contributed by atoms with Gasteiger partial charge in [0.05, 0.1) is 5.56 Å². The molecule has 0 radical (unpaired) electrons. The van der Waals surface area contributed by atoms with Crippen molar-refractivity contribution in [3.05, 3.63) is 112 Å². The van der Waals surface area contributed by atoms with Crippen LogP contribution in [0, 0.1) is 0 Å². The molecule has 1 aliphatic carbocycles. The third kappa shape index (κ3) is 5.44. The number of fused-ring (bicyclic) bond motifs is 1. The van der Waals surface area contributed by atoms with E-state index in [1.165, 1.54) is 16.2 Å². The molecule has 1 aliphatic rings. The van der Waals surface area contributed by atoms with E-state index in [-0.39, 0.29) is 11.8 Å². The molecule has 0 saturated carbocycles. The molecule has 1 aromatic heterocycles. The van der Waals surface area contributed by atoms with Crippen molar-refractivity contribution < 1.29 is 14.3 Å². The summed E-state index contributed by atoms with van der Waals surface area (Å²) in [6, 6.07) is 26.4. The molecule has 4 aromatic rings. The maximum atomic E-state index is 13.4. The van der Waals surface area contributed by atoms with Crippen molar-refractivity contribution in [2.75, 3.05) is 10.6 Å². The van der Waals surface area contributed by atoms with Crippen molar-refractivity contribution in [2.24, 2.45) is 0 Å². The van der Waals surface area contributed by atoms with Crippen LogP contribution in [0.15, 0.2) is 84.9 Å². The second-order valence-corrected chi connectivity index (χ2v) is 9.59. The molecule has 5 rings (SSSR count). The lowest BCUT2D eigenvalue weighted by molar-refractivity contribution is 0.102. The van der Waals surface area contributed by atoms with E-state index in [0.29, 0.717) is 28.4 Å². The van der Waals surface area contributed by atoms with E-state index in [0.717, 1.165) is 42.6 Å². The zero-order valence-electron chi connectivity index (χ0n) is 19.3. The molecule has 35 heavy (non-hydrogen) atoms. The summed E-state index contributed by atoms with van der Waals surface area (Å²) in [5.41, 5.74) is 3.98. The van der Waals surface area contributed by atoms with Crippen LogP contribution in [0.1, 0.15) is 49.6 Å². The number of aryl methyl sites for hydroxylation is 1. The Morgan fingerprint density at radius 3 is 2.20 bits per heavy atom. The van der Waals surface area contributed by atoms with E-state index in [1.54, 1.807) is 12.1 Å². The van der Waals surface area contributed by atoms with Gasteiger partial charge < -0.3 is 15.4 Å². The number of benzene rings is 3. The number of carbonyl (C=O) groups is 2. The monoisotopic (exact) mass is 482 g/mol. The Morgan fingerprint density at radius 1 is 0.771 bits per heavy atom. The first-order chi connectivity index (χ1) is 17.2. The lowest BCUT2D eigenvalue weighted by Gasteiger charge is -2.14. The van der Waals surface area contributed by atoms with E-state index in [9.17, 15) is 9.59 Å². The van der Waals surface area contributed by atoms with Crippen molar-refractivity contribution >= 4 is 33.8 Å². The fourth-order valence-corrected chi connectivity index (χ4v) is 5.51. The Morgan fingerprint density at radius 2 is 1.46 bits per heavy atom. The van der Waals surface area contributed by atoms with E-state index >= 15 is 0 Å². The molecule has 5 nitrogen and oxygen atoms in total. The molecule has 0 aliphatic heterocycles. The maximum absolute atomic E-state index is 13.4. The summed E-state index contributed by atoms with van der Waals surface area (Å²) in [5.74, 6) is 0.319. The Balaban J connectivity index is 1.31. The summed E-state index contributed by atoms with van der Waals surface area (Å²) in [4.78, 5) is 27.4. The molecule has 2 amide bonds. The number of anilines is 2. The highest BCUT2D eigenvalue weighted by atomic mass is 32.1. The molecule has 0 bridgehead atoms. The predicted octanol–water partition coefficient (Wildman–Crippen LogP) is 6.71. The zero-order valence-corrected chi connectivity index (χ0v) is 20.1. The number of nitrogens with one attached hydrogen (secondary N) is 2. The van der Waals surface area contributed by atoms with Gasteiger partial charge in [0.2, 0.25) is 0 Å². The highest BCUT2D eigenvalue weighted by molar-refractivity contribution is 7.17. The molecule has 6 heteroatoms. The van der Waals surface area contributed by atoms with Gasteiger partial charge in [-0.1, -0.05) is 48.5 Å². The molecule has 2 N–H and O–H groups in total. The largest absolute Gasteiger partial charge is 0.489 e. The minimum atomic E-state index is -0.210. The minimum Gasteiger partial charge on any atom is -0.489 e. The highest BCUT2D eigenvalue weighted by Crippen LogP contribution is 2.39. The van der Waals surface area contributed by atoms with Crippen LogP contribution in [0.25, 0.3) is 0 Å². The van der Waals surface area contributed by atoms with Gasteiger partial charge >= 0.3 is 0 Å². The summed E-state index contributed by atoms with van der Waals surface area (Å²) < 4.78 is 5.85. The number of hydrogen-bond donors (Lipinski definition) is 2. The number of amides is 2. The van der Waals surface area contributed by atoms with Crippen LogP contribution in [-0.4, -0.2) is 11.8 Å². The second kappa shape index (κ2) is 10.6. The number of rotatable bonds is 7. The predicted molar refractivity (Wildman–Crippen MR) is 141 cm³/mol. The van der Waals surface area contributed by atoms with Crippen molar-refractivity contribution in [3.8, 4) is 5.75 Å².